The Morgan fingerprint density at radius 1 is 0.941 bits per heavy atom. The molecule has 2 saturated heterocycles. The van der Waals surface area contributed by atoms with Crippen molar-refractivity contribution in [2.75, 3.05) is 44.2 Å². The maximum atomic E-state index is 13.1. The van der Waals surface area contributed by atoms with Crippen LogP contribution in [0.4, 0.5) is 19.0 Å². The molecule has 180 valence electrons. The lowest BCUT2D eigenvalue weighted by Gasteiger charge is -2.38. The number of piperazine rings is 1. The normalized spacial score (nSPS) is 18.6. The predicted octanol–water partition coefficient (Wildman–Crippen LogP) is 2.10. The highest BCUT2D eigenvalue weighted by molar-refractivity contribution is 5.79. The first-order valence-electron chi connectivity index (χ1n) is 11.3. The largest absolute Gasteiger partial charge is 0.416 e. The van der Waals surface area contributed by atoms with Crippen molar-refractivity contribution in [1.82, 2.24) is 35.1 Å². The molecular weight excluding hydrogens is 449 g/mol. The van der Waals surface area contributed by atoms with E-state index in [1.807, 2.05) is 17.0 Å². The van der Waals surface area contributed by atoms with E-state index in [9.17, 15) is 18.0 Å². The van der Waals surface area contributed by atoms with E-state index in [1.165, 1.54) is 16.8 Å². The number of aromatic nitrogens is 5. The summed E-state index contributed by atoms with van der Waals surface area (Å²) in [4.78, 5) is 19.3. The number of fused-ring (bicyclic) bond motifs is 1. The lowest BCUT2D eigenvalue weighted by Crippen LogP contribution is -2.51. The van der Waals surface area contributed by atoms with Crippen molar-refractivity contribution < 1.29 is 18.0 Å². The second-order valence-electron chi connectivity index (χ2n) is 8.78. The molecule has 0 aliphatic carbocycles. The van der Waals surface area contributed by atoms with Gasteiger partial charge in [-0.25, -0.2) is 0 Å². The van der Waals surface area contributed by atoms with Gasteiger partial charge in [0.15, 0.2) is 11.5 Å². The van der Waals surface area contributed by atoms with Crippen molar-refractivity contribution in [3.8, 4) is 0 Å². The number of piperidine rings is 1. The fourth-order valence-corrected chi connectivity index (χ4v) is 4.61. The molecule has 0 N–H and O–H groups in total. The molecule has 0 spiro atoms. The summed E-state index contributed by atoms with van der Waals surface area (Å²) < 4.78 is 39.6. The first kappa shape index (κ1) is 22.5. The SMILES string of the molecule is O=C(C1CCN(c2ccc3nnnn3n2)CC1)N1CCN(Cc2ccc(C(F)(F)F)cc2)CC1. The van der Waals surface area contributed by atoms with Crippen molar-refractivity contribution >= 4 is 17.4 Å². The number of hydrogen-bond acceptors (Lipinski definition) is 7. The molecule has 1 amide bonds. The van der Waals surface area contributed by atoms with Gasteiger partial charge in [-0.3, -0.25) is 9.69 Å². The van der Waals surface area contributed by atoms with Crippen LogP contribution in [0.3, 0.4) is 0 Å². The minimum absolute atomic E-state index is 0.00511. The molecule has 2 aromatic heterocycles. The van der Waals surface area contributed by atoms with Crippen molar-refractivity contribution in [2.45, 2.75) is 25.6 Å². The highest BCUT2D eigenvalue weighted by Crippen LogP contribution is 2.29. The van der Waals surface area contributed by atoms with Crippen molar-refractivity contribution in [1.29, 1.82) is 0 Å². The molecule has 2 fully saturated rings. The van der Waals surface area contributed by atoms with E-state index < -0.39 is 11.7 Å². The van der Waals surface area contributed by atoms with Crippen LogP contribution >= 0.6 is 0 Å². The summed E-state index contributed by atoms with van der Waals surface area (Å²) in [5, 5.41) is 15.7. The van der Waals surface area contributed by atoms with Gasteiger partial charge in [0.1, 0.15) is 0 Å². The summed E-state index contributed by atoms with van der Waals surface area (Å²) in [5.41, 5.74) is 0.796. The average Bonchev–Trinajstić information content (AvgIpc) is 3.32. The van der Waals surface area contributed by atoms with Crippen LogP contribution in [0.2, 0.25) is 0 Å². The molecule has 0 saturated carbocycles. The molecule has 34 heavy (non-hydrogen) atoms. The molecule has 2 aliphatic heterocycles. The number of benzene rings is 1. The van der Waals surface area contributed by atoms with Crippen LogP contribution in [0.5, 0.6) is 0 Å². The van der Waals surface area contributed by atoms with Gasteiger partial charge in [0.25, 0.3) is 0 Å². The molecule has 9 nitrogen and oxygen atoms in total. The molecule has 4 heterocycles. The molecule has 0 unspecified atom stereocenters. The maximum absolute atomic E-state index is 13.1. The Morgan fingerprint density at radius 3 is 2.32 bits per heavy atom. The lowest BCUT2D eigenvalue weighted by atomic mass is 9.95. The topological polar surface area (TPSA) is 82.8 Å². The summed E-state index contributed by atoms with van der Waals surface area (Å²) in [5.74, 6) is 0.981. The van der Waals surface area contributed by atoms with Gasteiger partial charge in [-0.05, 0) is 53.1 Å². The number of carbonyl (C=O) groups excluding carboxylic acids is 1. The molecule has 5 rings (SSSR count). The van der Waals surface area contributed by atoms with Crippen LogP contribution in [-0.2, 0) is 17.5 Å². The van der Waals surface area contributed by atoms with Crippen molar-refractivity contribution in [3.63, 3.8) is 0 Å². The van der Waals surface area contributed by atoms with E-state index in [4.69, 9.17) is 0 Å². The van der Waals surface area contributed by atoms with E-state index in [0.717, 1.165) is 49.4 Å². The molecule has 0 atom stereocenters. The summed E-state index contributed by atoms with van der Waals surface area (Å²) in [7, 11) is 0. The highest BCUT2D eigenvalue weighted by atomic mass is 19.4. The van der Waals surface area contributed by atoms with Crippen LogP contribution in [0.25, 0.3) is 5.65 Å². The Bertz CT molecular complexity index is 1130. The van der Waals surface area contributed by atoms with Crippen LogP contribution in [-0.4, -0.2) is 80.2 Å². The van der Waals surface area contributed by atoms with Crippen LogP contribution in [0.15, 0.2) is 36.4 Å². The summed E-state index contributed by atoms with van der Waals surface area (Å²) in [6.45, 7) is 4.75. The highest BCUT2D eigenvalue weighted by Gasteiger charge is 2.32. The first-order chi connectivity index (χ1) is 16.4. The van der Waals surface area contributed by atoms with E-state index in [2.05, 4.69) is 30.4 Å². The smallest absolute Gasteiger partial charge is 0.355 e. The van der Waals surface area contributed by atoms with E-state index in [1.54, 1.807) is 0 Å². The van der Waals surface area contributed by atoms with Crippen molar-refractivity contribution in [3.05, 3.63) is 47.5 Å². The minimum atomic E-state index is -4.32. The Morgan fingerprint density at radius 2 is 1.65 bits per heavy atom. The number of hydrogen-bond donors (Lipinski definition) is 0. The average molecular weight is 474 g/mol. The van der Waals surface area contributed by atoms with Gasteiger partial charge in [0.05, 0.1) is 5.56 Å². The third-order valence-corrected chi connectivity index (χ3v) is 6.60. The molecule has 12 heteroatoms. The number of rotatable bonds is 4. The fraction of sp³-hybridized carbons (Fsp3) is 0.500. The molecule has 2 aliphatic rings. The molecule has 3 aromatic rings. The van der Waals surface area contributed by atoms with Gasteiger partial charge >= 0.3 is 6.18 Å². The zero-order chi connectivity index (χ0) is 23.7. The number of alkyl halides is 3. The standard InChI is InChI=1S/C22H25F3N8O/c23-22(24,25)18-3-1-16(2-4-18)15-30-11-13-32(14-12-30)21(34)17-7-9-31(10-8-17)20-6-5-19-26-28-29-33(19)27-20/h1-6,17H,7-15H2. The summed E-state index contributed by atoms with van der Waals surface area (Å²) >= 11 is 0. The number of nitrogens with zero attached hydrogens (tertiary/aromatic N) is 8. The van der Waals surface area contributed by atoms with Crippen LogP contribution < -0.4 is 4.90 Å². The third-order valence-electron chi connectivity index (χ3n) is 6.60. The number of carbonyl (C=O) groups is 1. The Balaban J connectivity index is 1.09. The Kier molecular flexibility index (Phi) is 6.07. The number of tetrazole rings is 1. The van der Waals surface area contributed by atoms with E-state index in [0.29, 0.717) is 38.4 Å². The predicted molar refractivity (Wildman–Crippen MR) is 117 cm³/mol. The number of anilines is 1. The Labute approximate surface area is 194 Å². The van der Waals surface area contributed by atoms with Crippen LogP contribution in [0.1, 0.15) is 24.0 Å². The molecule has 1 aromatic carbocycles. The molecule has 0 radical (unpaired) electrons. The van der Waals surface area contributed by atoms with Gasteiger partial charge in [-0.1, -0.05) is 12.1 Å². The second-order valence-corrected chi connectivity index (χ2v) is 8.78. The molecular formula is C22H25F3N8O. The third kappa shape index (κ3) is 4.81. The lowest BCUT2D eigenvalue weighted by molar-refractivity contribution is -0.138. The van der Waals surface area contributed by atoms with Gasteiger partial charge in [-0.2, -0.15) is 13.2 Å². The van der Waals surface area contributed by atoms with Gasteiger partial charge in [-0.15, -0.1) is 14.8 Å². The zero-order valence-corrected chi connectivity index (χ0v) is 18.5. The van der Waals surface area contributed by atoms with E-state index >= 15 is 0 Å². The van der Waals surface area contributed by atoms with Gasteiger partial charge in [0, 0.05) is 51.7 Å². The summed E-state index contributed by atoms with van der Waals surface area (Å²) in [6.07, 6.45) is -2.79. The van der Waals surface area contributed by atoms with Crippen LogP contribution in [0, 0.1) is 5.92 Å². The van der Waals surface area contributed by atoms with E-state index in [-0.39, 0.29) is 11.8 Å². The zero-order valence-electron chi connectivity index (χ0n) is 18.5. The fourth-order valence-electron chi connectivity index (χ4n) is 4.61. The Hall–Kier alpha value is -3.28. The second kappa shape index (κ2) is 9.16. The molecule has 0 bridgehead atoms. The number of halogens is 3. The van der Waals surface area contributed by atoms with Crippen molar-refractivity contribution in [2.24, 2.45) is 5.92 Å². The quantitative estimate of drug-likeness (QED) is 0.573. The first-order valence-corrected chi connectivity index (χ1v) is 11.3. The monoisotopic (exact) mass is 474 g/mol. The van der Waals surface area contributed by atoms with Gasteiger partial charge < -0.3 is 9.80 Å². The van der Waals surface area contributed by atoms with Gasteiger partial charge in [0.2, 0.25) is 5.91 Å². The summed E-state index contributed by atoms with van der Waals surface area (Å²) in [6, 6.07) is 9.02. The minimum Gasteiger partial charge on any atom is -0.355 e. The number of amides is 1. The maximum Gasteiger partial charge on any atom is 0.416 e.